The van der Waals surface area contributed by atoms with E-state index in [1.165, 1.54) is 37.4 Å². The number of rotatable bonds is 4. The van der Waals surface area contributed by atoms with Crippen LogP contribution in [0.4, 0.5) is 0 Å². The maximum absolute atomic E-state index is 12.9. The molecule has 0 bridgehead atoms. The van der Waals surface area contributed by atoms with Gasteiger partial charge in [0.1, 0.15) is 12.4 Å². The first-order chi connectivity index (χ1) is 14.4. The van der Waals surface area contributed by atoms with Crippen molar-refractivity contribution < 1.29 is 33.1 Å². The summed E-state index contributed by atoms with van der Waals surface area (Å²) in [4.78, 5) is 49.5. The Kier molecular flexibility index (Phi) is 4.97. The third-order valence-corrected chi connectivity index (χ3v) is 5.04. The minimum atomic E-state index is -0.807. The molecule has 0 spiro atoms. The molecule has 1 aliphatic rings. The standard InChI is InChI=1S/C22H13ClO7/c1-28-22(27)16-9-6-11(30-16)10-29-21(26)15-8-7-14-17(18(15)23)20(25)13-5-3-2-4-12(13)19(14)24/h2-9H,10H2,1H3. The van der Waals surface area contributed by atoms with Gasteiger partial charge in [-0.1, -0.05) is 35.9 Å². The fraction of sp³-hybridized carbons (Fsp3) is 0.0909. The Morgan fingerprint density at radius 1 is 0.900 bits per heavy atom. The number of benzene rings is 2. The smallest absolute Gasteiger partial charge is 0.373 e. The number of furan rings is 1. The van der Waals surface area contributed by atoms with Crippen LogP contribution in [0, 0.1) is 0 Å². The van der Waals surface area contributed by atoms with Crippen LogP contribution in [0.1, 0.15) is 58.5 Å². The number of carbonyl (C=O) groups excluding carboxylic acids is 4. The van der Waals surface area contributed by atoms with Gasteiger partial charge in [0.25, 0.3) is 0 Å². The maximum atomic E-state index is 12.9. The highest BCUT2D eigenvalue weighted by molar-refractivity contribution is 6.41. The van der Waals surface area contributed by atoms with Crippen LogP contribution < -0.4 is 0 Å². The molecule has 8 heteroatoms. The van der Waals surface area contributed by atoms with Gasteiger partial charge in [-0.25, -0.2) is 9.59 Å². The van der Waals surface area contributed by atoms with Gasteiger partial charge in [-0.05, 0) is 24.3 Å². The minimum Gasteiger partial charge on any atom is -0.463 e. The van der Waals surface area contributed by atoms with Crippen molar-refractivity contribution in [2.75, 3.05) is 7.11 Å². The number of hydrogen-bond donors (Lipinski definition) is 0. The Balaban J connectivity index is 1.59. The van der Waals surface area contributed by atoms with Crippen molar-refractivity contribution in [3.63, 3.8) is 0 Å². The lowest BCUT2D eigenvalue weighted by molar-refractivity contribution is 0.0438. The summed E-state index contributed by atoms with van der Waals surface area (Å²) in [5.41, 5.74) is 0.569. The summed E-state index contributed by atoms with van der Waals surface area (Å²) in [6.45, 7) is -0.265. The van der Waals surface area contributed by atoms with E-state index in [0.717, 1.165) is 0 Å². The van der Waals surface area contributed by atoms with Gasteiger partial charge in [0.2, 0.25) is 5.76 Å². The highest BCUT2D eigenvalue weighted by Gasteiger charge is 2.33. The first kappa shape index (κ1) is 19.6. The Labute approximate surface area is 175 Å². The number of hydrogen-bond acceptors (Lipinski definition) is 7. The Hall–Kier alpha value is -3.71. The van der Waals surface area contributed by atoms with Crippen molar-refractivity contribution >= 4 is 35.1 Å². The molecule has 30 heavy (non-hydrogen) atoms. The molecule has 0 atom stereocenters. The highest BCUT2D eigenvalue weighted by Crippen LogP contribution is 2.34. The average Bonchev–Trinajstić information content (AvgIpc) is 3.24. The Bertz CT molecular complexity index is 1220. The van der Waals surface area contributed by atoms with E-state index in [2.05, 4.69) is 4.74 Å². The quantitative estimate of drug-likeness (QED) is 0.458. The summed E-state index contributed by atoms with van der Waals surface area (Å²) in [7, 11) is 1.22. The normalized spacial score (nSPS) is 12.2. The van der Waals surface area contributed by atoms with Crippen molar-refractivity contribution in [2.45, 2.75) is 6.61 Å². The number of halogens is 1. The van der Waals surface area contributed by atoms with E-state index in [1.807, 2.05) is 0 Å². The van der Waals surface area contributed by atoms with Crippen molar-refractivity contribution in [2.24, 2.45) is 0 Å². The number of methoxy groups -OCH3 is 1. The zero-order chi connectivity index (χ0) is 21.4. The number of ketones is 2. The van der Waals surface area contributed by atoms with Gasteiger partial charge in [-0.15, -0.1) is 0 Å². The first-order valence-corrected chi connectivity index (χ1v) is 9.15. The average molecular weight is 425 g/mol. The van der Waals surface area contributed by atoms with E-state index in [4.69, 9.17) is 20.8 Å². The summed E-state index contributed by atoms with van der Waals surface area (Å²) in [5, 5.41) is -0.153. The second-order valence-corrected chi connectivity index (χ2v) is 6.77. The summed E-state index contributed by atoms with van der Waals surface area (Å²) in [6.07, 6.45) is 0. The Morgan fingerprint density at radius 2 is 1.60 bits per heavy atom. The monoisotopic (exact) mass is 424 g/mol. The Morgan fingerprint density at radius 3 is 2.30 bits per heavy atom. The molecule has 4 rings (SSSR count). The molecule has 0 aliphatic heterocycles. The number of fused-ring (bicyclic) bond motifs is 2. The molecule has 2 aromatic carbocycles. The summed E-state index contributed by atoms with van der Waals surface area (Å²) in [6, 6.07) is 12.0. The third-order valence-electron chi connectivity index (χ3n) is 4.64. The molecule has 0 saturated heterocycles. The fourth-order valence-electron chi connectivity index (χ4n) is 3.18. The first-order valence-electron chi connectivity index (χ1n) is 8.77. The van der Waals surface area contributed by atoms with Crippen molar-refractivity contribution in [3.05, 3.63) is 92.9 Å². The molecule has 3 aromatic rings. The van der Waals surface area contributed by atoms with E-state index in [0.29, 0.717) is 5.56 Å². The summed E-state index contributed by atoms with van der Waals surface area (Å²) < 4.78 is 14.9. The lowest BCUT2D eigenvalue weighted by atomic mass is 9.83. The van der Waals surface area contributed by atoms with Gasteiger partial charge in [0.05, 0.1) is 23.3 Å². The molecule has 7 nitrogen and oxygen atoms in total. The molecule has 1 heterocycles. The minimum absolute atomic E-state index is 0.0270. The van der Waals surface area contributed by atoms with Crippen LogP contribution in [0.25, 0.3) is 0 Å². The molecule has 0 amide bonds. The van der Waals surface area contributed by atoms with Crippen molar-refractivity contribution in [3.8, 4) is 0 Å². The molecule has 0 fully saturated rings. The molecule has 1 aliphatic carbocycles. The predicted octanol–water partition coefficient (Wildman–Crippen LogP) is 3.85. The zero-order valence-corrected chi connectivity index (χ0v) is 16.3. The maximum Gasteiger partial charge on any atom is 0.373 e. The van der Waals surface area contributed by atoms with Crippen molar-refractivity contribution in [1.82, 2.24) is 0 Å². The molecule has 0 radical (unpaired) electrons. The van der Waals surface area contributed by atoms with Crippen LogP contribution in [0.15, 0.2) is 52.9 Å². The number of ether oxygens (including phenoxy) is 2. The van der Waals surface area contributed by atoms with Crippen LogP contribution in [-0.2, 0) is 16.1 Å². The topological polar surface area (TPSA) is 99.9 Å². The number of carbonyl (C=O) groups is 4. The predicted molar refractivity (Wildman–Crippen MR) is 104 cm³/mol. The summed E-state index contributed by atoms with van der Waals surface area (Å²) in [5.74, 6) is -2.05. The van der Waals surface area contributed by atoms with Crippen LogP contribution in [0.5, 0.6) is 0 Å². The van der Waals surface area contributed by atoms with Crippen molar-refractivity contribution in [1.29, 1.82) is 0 Å². The highest BCUT2D eigenvalue weighted by atomic mass is 35.5. The van der Waals surface area contributed by atoms with Crippen LogP contribution >= 0.6 is 11.6 Å². The SMILES string of the molecule is COC(=O)c1ccc(COC(=O)c2ccc3c(c2Cl)C(=O)c2ccccc2C3=O)o1. The largest absolute Gasteiger partial charge is 0.463 e. The van der Waals surface area contributed by atoms with Gasteiger partial charge in [0.15, 0.2) is 11.6 Å². The lowest BCUT2D eigenvalue weighted by Gasteiger charge is -2.19. The molecule has 0 unspecified atom stereocenters. The van der Waals surface area contributed by atoms with Gasteiger partial charge < -0.3 is 13.9 Å². The van der Waals surface area contributed by atoms with Gasteiger partial charge in [-0.2, -0.15) is 0 Å². The molecular formula is C22H13ClO7. The molecular weight excluding hydrogens is 412 g/mol. The van der Waals surface area contributed by atoms with Crippen LogP contribution in [0.2, 0.25) is 5.02 Å². The van der Waals surface area contributed by atoms with Gasteiger partial charge in [-0.3, -0.25) is 9.59 Å². The molecule has 150 valence electrons. The zero-order valence-electron chi connectivity index (χ0n) is 15.6. The van der Waals surface area contributed by atoms with E-state index in [-0.39, 0.29) is 51.2 Å². The van der Waals surface area contributed by atoms with E-state index in [1.54, 1.807) is 18.2 Å². The van der Waals surface area contributed by atoms with Crippen LogP contribution in [0.3, 0.4) is 0 Å². The molecule has 0 saturated carbocycles. The second-order valence-electron chi connectivity index (χ2n) is 6.39. The van der Waals surface area contributed by atoms with E-state index in [9.17, 15) is 19.2 Å². The lowest BCUT2D eigenvalue weighted by Crippen LogP contribution is -2.22. The fourth-order valence-corrected chi connectivity index (χ4v) is 3.51. The number of esters is 2. The van der Waals surface area contributed by atoms with Crippen LogP contribution in [-0.4, -0.2) is 30.6 Å². The summed E-state index contributed by atoms with van der Waals surface area (Å²) >= 11 is 6.34. The molecule has 0 N–H and O–H groups in total. The van der Waals surface area contributed by atoms with Gasteiger partial charge >= 0.3 is 11.9 Å². The van der Waals surface area contributed by atoms with E-state index < -0.39 is 17.7 Å². The van der Waals surface area contributed by atoms with E-state index >= 15 is 0 Å². The van der Waals surface area contributed by atoms with Gasteiger partial charge in [0, 0.05) is 16.7 Å². The second kappa shape index (κ2) is 7.61. The third kappa shape index (κ3) is 3.19. The molecule has 1 aromatic heterocycles.